The summed E-state index contributed by atoms with van der Waals surface area (Å²) in [5, 5.41) is 15.4. The fourth-order valence-electron chi connectivity index (χ4n) is 19.9. The van der Waals surface area contributed by atoms with Crippen LogP contribution in [0, 0.1) is 55.4 Å². The fourth-order valence-corrected chi connectivity index (χ4v) is 19.9. The minimum atomic E-state index is 1.17. The van der Waals surface area contributed by atoms with Crippen molar-refractivity contribution >= 4 is 86.7 Å². The monoisotopic (exact) mass is 1630 g/mol. The molecule has 0 unspecified atom stereocenters. The molecule has 0 aliphatic heterocycles. The second-order valence-electron chi connectivity index (χ2n) is 35.0. The van der Waals surface area contributed by atoms with Gasteiger partial charge in [0.15, 0.2) is 0 Å². The molecule has 0 radical (unpaired) electrons. The van der Waals surface area contributed by atoms with Crippen LogP contribution >= 0.6 is 0 Å². The molecule has 2 heteroatoms. The molecule has 0 saturated carbocycles. The highest BCUT2D eigenvalue weighted by molar-refractivity contribution is 6.24. The van der Waals surface area contributed by atoms with Gasteiger partial charge in [-0.1, -0.05) is 364 Å². The van der Waals surface area contributed by atoms with Crippen LogP contribution in [0.25, 0.3) is 220 Å². The highest BCUT2D eigenvalue weighted by Crippen LogP contribution is 2.50. The zero-order valence-corrected chi connectivity index (χ0v) is 73.3. The molecule has 608 valence electrons. The average Bonchev–Trinajstić information content (AvgIpc) is 1.20. The summed E-state index contributed by atoms with van der Waals surface area (Å²) in [4.78, 5) is 0. The first-order valence-corrected chi connectivity index (χ1v) is 44.7. The molecule has 0 amide bonds. The molecule has 0 fully saturated rings. The Bertz CT molecular complexity index is 8110. The Morgan fingerprint density at radius 3 is 0.508 bits per heavy atom. The third-order valence-electron chi connectivity index (χ3n) is 27.3. The molecule has 2 nitrogen and oxygen atoms in total. The summed E-state index contributed by atoms with van der Waals surface area (Å²) in [6.45, 7) is 17.9. The van der Waals surface area contributed by atoms with E-state index in [4.69, 9.17) is 0 Å². The lowest BCUT2D eigenvalue weighted by atomic mass is 9.83. The maximum absolute atomic E-state index is 2.42. The highest BCUT2D eigenvalue weighted by Gasteiger charge is 2.24. The van der Waals surface area contributed by atoms with Crippen LogP contribution in [0.15, 0.2) is 425 Å². The van der Waals surface area contributed by atoms with Crippen molar-refractivity contribution in [3.63, 3.8) is 0 Å². The molecular formula is C126H94N2. The number of para-hydroxylation sites is 4. The topological polar surface area (TPSA) is 9.86 Å². The lowest BCUT2D eigenvalue weighted by Gasteiger charge is -2.21. The van der Waals surface area contributed by atoms with E-state index >= 15 is 0 Å². The van der Waals surface area contributed by atoms with Gasteiger partial charge in [0.1, 0.15) is 0 Å². The fraction of sp³-hybridized carbons (Fsp3) is 0.0635. The van der Waals surface area contributed by atoms with Crippen LogP contribution in [-0.4, -0.2) is 9.13 Å². The van der Waals surface area contributed by atoms with Crippen LogP contribution in [0.3, 0.4) is 0 Å². The van der Waals surface area contributed by atoms with Crippen molar-refractivity contribution in [3.8, 4) is 134 Å². The number of benzene rings is 21. The molecular weight excluding hydrogens is 1540 g/mol. The summed E-state index contributed by atoms with van der Waals surface area (Å²) in [5.74, 6) is 0. The molecule has 23 aromatic rings. The lowest BCUT2D eigenvalue weighted by molar-refractivity contribution is 1.18. The summed E-state index contributed by atoms with van der Waals surface area (Å²) < 4.78 is 4.74. The number of aryl methyl sites for hydroxylation is 8. The normalized spacial score (nSPS) is 11.6. The molecule has 0 spiro atoms. The highest BCUT2D eigenvalue weighted by atomic mass is 15.0. The second-order valence-corrected chi connectivity index (χ2v) is 35.0. The largest absolute Gasteiger partial charge is 0.309 e. The molecule has 21 aromatic carbocycles. The van der Waals surface area contributed by atoms with E-state index in [2.05, 4.69) is 489 Å². The van der Waals surface area contributed by atoms with Gasteiger partial charge in [-0.25, -0.2) is 0 Å². The minimum absolute atomic E-state index is 1.17. The van der Waals surface area contributed by atoms with E-state index in [1.807, 2.05) is 0 Å². The summed E-state index contributed by atoms with van der Waals surface area (Å²) in [6.07, 6.45) is 0. The standard InChI is InChI=1S/C66H49N.C60H45N/c1-42-37-59-61(39-44(42)3)66(62-40-45(4)43(2)38-60(62)65(59)53-31-27-50(28-32-53)48-21-19-47(20-22-48)46-13-7-5-8-14-46)54-33-29-51(30-34-54)49-23-25-52(26-24-49)55-35-36-64-58(41-55)57-17-11-12-18-63(57)67(64)56-15-9-6-10-16-56;1-38-33-53-55(35-40(38)3)60(56-36-41(4)39(2)34-54(56)59(53)47-27-23-43(24-28-47)42-13-7-5-8-14-42)48-29-25-45(26-30-48)44-19-21-46(22-20-44)49-31-32-58-52(37-49)51-17-11-12-18-57(51)61(58)50-15-9-6-10-16-50/h5-41H,1-4H3;5-37H,1-4H3. The van der Waals surface area contributed by atoms with E-state index in [0.717, 1.165) is 0 Å². The van der Waals surface area contributed by atoms with Crippen LogP contribution in [0.5, 0.6) is 0 Å². The zero-order valence-electron chi connectivity index (χ0n) is 73.3. The third kappa shape index (κ3) is 14.0. The van der Waals surface area contributed by atoms with Gasteiger partial charge in [-0.05, 0) is 326 Å². The molecule has 0 aliphatic rings. The predicted octanol–water partition coefficient (Wildman–Crippen LogP) is 35.0. The quantitative estimate of drug-likeness (QED) is 0.102. The first-order chi connectivity index (χ1) is 62.7. The first-order valence-electron chi connectivity index (χ1n) is 44.7. The number of hydrogen-bond acceptors (Lipinski definition) is 0. The molecule has 23 rings (SSSR count). The molecule has 2 heterocycles. The summed E-state index contributed by atoms with van der Waals surface area (Å²) in [6, 6.07) is 157. The average molecular weight is 1640 g/mol. The van der Waals surface area contributed by atoms with Gasteiger partial charge in [0.25, 0.3) is 0 Å². The predicted molar refractivity (Wildman–Crippen MR) is 549 cm³/mol. The van der Waals surface area contributed by atoms with E-state index in [0.29, 0.717) is 0 Å². The molecule has 0 aliphatic carbocycles. The Morgan fingerprint density at radius 1 is 0.117 bits per heavy atom. The van der Waals surface area contributed by atoms with Gasteiger partial charge in [0.2, 0.25) is 0 Å². The Hall–Kier alpha value is -15.7. The van der Waals surface area contributed by atoms with Crippen molar-refractivity contribution in [3.05, 3.63) is 469 Å². The van der Waals surface area contributed by atoms with Crippen LogP contribution in [-0.2, 0) is 0 Å². The van der Waals surface area contributed by atoms with Crippen LogP contribution < -0.4 is 0 Å². The number of aromatic nitrogens is 2. The van der Waals surface area contributed by atoms with Gasteiger partial charge in [-0.3, -0.25) is 0 Å². The third-order valence-corrected chi connectivity index (χ3v) is 27.3. The minimum Gasteiger partial charge on any atom is -0.309 e. The number of nitrogens with zero attached hydrogens (tertiary/aromatic N) is 2. The maximum atomic E-state index is 2.42. The van der Waals surface area contributed by atoms with Crippen LogP contribution in [0.1, 0.15) is 44.5 Å². The molecule has 0 atom stereocenters. The van der Waals surface area contributed by atoms with Crippen molar-refractivity contribution in [2.75, 3.05) is 0 Å². The van der Waals surface area contributed by atoms with E-state index in [1.54, 1.807) is 0 Å². The van der Waals surface area contributed by atoms with Crippen molar-refractivity contribution in [1.82, 2.24) is 9.13 Å². The van der Waals surface area contributed by atoms with Gasteiger partial charge in [0.05, 0.1) is 22.1 Å². The van der Waals surface area contributed by atoms with E-state index in [9.17, 15) is 0 Å². The van der Waals surface area contributed by atoms with E-state index < -0.39 is 0 Å². The summed E-state index contributed by atoms with van der Waals surface area (Å²) in [7, 11) is 0. The van der Waals surface area contributed by atoms with Crippen molar-refractivity contribution in [1.29, 1.82) is 0 Å². The summed E-state index contributed by atoms with van der Waals surface area (Å²) in [5.41, 5.74) is 44.8. The Kier molecular flexibility index (Phi) is 19.8. The SMILES string of the molecule is Cc1cc2c(-c3ccc(-c4ccc(-c5ccccc5)cc4)cc3)c3cc(C)c(C)cc3c(-c3ccc(-c4ccc(-c5ccc6c(c5)c5ccccc5n6-c5ccccc5)cc4)cc3)c2cc1C.Cc1cc2c(-c3ccc(-c4ccccc4)cc3)c3cc(C)c(C)cc3c(-c3ccc(-c4ccc(-c5ccc6c(c5)c5ccccc5n6-c5ccccc5)cc4)cc3)c2cc1C. The van der Waals surface area contributed by atoms with Crippen LogP contribution in [0.2, 0.25) is 0 Å². The van der Waals surface area contributed by atoms with Crippen molar-refractivity contribution in [2.45, 2.75) is 55.4 Å². The van der Waals surface area contributed by atoms with Gasteiger partial charge in [0, 0.05) is 32.9 Å². The van der Waals surface area contributed by atoms with E-state index in [-0.39, 0.29) is 0 Å². The Balaban J connectivity index is 0.000000151. The molecule has 0 N–H and O–H groups in total. The molecule has 128 heavy (non-hydrogen) atoms. The van der Waals surface area contributed by atoms with Gasteiger partial charge in [-0.2, -0.15) is 0 Å². The zero-order chi connectivity index (χ0) is 86.4. The molecule has 0 bridgehead atoms. The Labute approximate surface area is 748 Å². The summed E-state index contributed by atoms with van der Waals surface area (Å²) >= 11 is 0. The number of fused-ring (bicyclic) bond motifs is 10. The van der Waals surface area contributed by atoms with Gasteiger partial charge in [-0.15, -0.1) is 0 Å². The molecule has 0 saturated heterocycles. The number of hydrogen-bond donors (Lipinski definition) is 0. The lowest BCUT2D eigenvalue weighted by Crippen LogP contribution is -1.95. The van der Waals surface area contributed by atoms with Crippen molar-refractivity contribution in [2.24, 2.45) is 0 Å². The smallest absolute Gasteiger partial charge is 0.0541 e. The second kappa shape index (κ2) is 32.4. The first kappa shape index (κ1) is 78.3. The number of rotatable bonds is 13. The van der Waals surface area contributed by atoms with E-state index in [1.165, 1.54) is 265 Å². The molecule has 2 aromatic heterocycles. The maximum Gasteiger partial charge on any atom is 0.0541 e. The van der Waals surface area contributed by atoms with Crippen molar-refractivity contribution < 1.29 is 0 Å². The van der Waals surface area contributed by atoms with Crippen LogP contribution in [0.4, 0.5) is 0 Å². The van der Waals surface area contributed by atoms with Gasteiger partial charge >= 0.3 is 0 Å². The van der Waals surface area contributed by atoms with Gasteiger partial charge < -0.3 is 9.13 Å². The Morgan fingerprint density at radius 2 is 0.281 bits per heavy atom.